The predicted molar refractivity (Wildman–Crippen MR) is 73.3 cm³/mol. The van der Waals surface area contributed by atoms with E-state index in [0.29, 0.717) is 10.8 Å². The van der Waals surface area contributed by atoms with Gasteiger partial charge in [-0.05, 0) is 35.9 Å². The summed E-state index contributed by atoms with van der Waals surface area (Å²) in [6, 6.07) is 9.02. The highest BCUT2D eigenvalue weighted by atomic mass is 35.5. The summed E-state index contributed by atoms with van der Waals surface area (Å²) in [7, 11) is 0. The standard InChI is InChI=1S/C14H10ClFN2O/c15-13-9-12(7-8-17-13)18-14(19)6-3-10-1-4-11(16)5-2-10/h1-9H,(H,17,18,19)/b6-3+. The monoisotopic (exact) mass is 276 g/mol. The van der Waals surface area contributed by atoms with E-state index in [1.165, 1.54) is 24.4 Å². The van der Waals surface area contributed by atoms with E-state index in [2.05, 4.69) is 10.3 Å². The van der Waals surface area contributed by atoms with Crippen LogP contribution >= 0.6 is 11.6 Å². The lowest BCUT2D eigenvalue weighted by molar-refractivity contribution is -0.111. The minimum atomic E-state index is -0.312. The fourth-order valence-corrected chi connectivity index (χ4v) is 1.58. The minimum Gasteiger partial charge on any atom is -0.322 e. The van der Waals surface area contributed by atoms with Gasteiger partial charge < -0.3 is 5.32 Å². The lowest BCUT2D eigenvalue weighted by Crippen LogP contribution is -2.07. The van der Waals surface area contributed by atoms with Gasteiger partial charge in [0.15, 0.2) is 0 Å². The highest BCUT2D eigenvalue weighted by Crippen LogP contribution is 2.12. The number of hydrogen-bond acceptors (Lipinski definition) is 2. The van der Waals surface area contributed by atoms with Gasteiger partial charge >= 0.3 is 0 Å². The van der Waals surface area contributed by atoms with Crippen LogP contribution in [0.4, 0.5) is 10.1 Å². The fourth-order valence-electron chi connectivity index (χ4n) is 1.41. The molecular formula is C14H10ClFN2O. The zero-order chi connectivity index (χ0) is 13.7. The van der Waals surface area contributed by atoms with E-state index in [4.69, 9.17) is 11.6 Å². The first-order valence-corrected chi connectivity index (χ1v) is 5.87. The van der Waals surface area contributed by atoms with E-state index < -0.39 is 0 Å². The number of aromatic nitrogens is 1. The highest BCUT2D eigenvalue weighted by Gasteiger charge is 1.99. The number of benzene rings is 1. The van der Waals surface area contributed by atoms with Crippen molar-refractivity contribution < 1.29 is 9.18 Å². The van der Waals surface area contributed by atoms with Crippen LogP contribution in [-0.2, 0) is 4.79 Å². The largest absolute Gasteiger partial charge is 0.322 e. The smallest absolute Gasteiger partial charge is 0.248 e. The van der Waals surface area contributed by atoms with Crippen molar-refractivity contribution in [1.82, 2.24) is 4.98 Å². The van der Waals surface area contributed by atoms with E-state index in [-0.39, 0.29) is 11.7 Å². The molecule has 96 valence electrons. The molecule has 1 amide bonds. The third-order valence-corrected chi connectivity index (χ3v) is 2.50. The molecule has 0 unspecified atom stereocenters. The fraction of sp³-hybridized carbons (Fsp3) is 0. The molecule has 5 heteroatoms. The van der Waals surface area contributed by atoms with E-state index in [0.717, 1.165) is 5.56 Å². The molecule has 0 radical (unpaired) electrons. The quantitative estimate of drug-likeness (QED) is 0.688. The number of amides is 1. The Kier molecular flexibility index (Phi) is 4.26. The van der Waals surface area contributed by atoms with Gasteiger partial charge in [-0.1, -0.05) is 23.7 Å². The van der Waals surface area contributed by atoms with Crippen LogP contribution < -0.4 is 5.32 Å². The van der Waals surface area contributed by atoms with Crippen molar-refractivity contribution >= 4 is 29.3 Å². The summed E-state index contributed by atoms with van der Waals surface area (Å²) in [5, 5.41) is 2.95. The SMILES string of the molecule is O=C(/C=C/c1ccc(F)cc1)Nc1ccnc(Cl)c1. The van der Waals surface area contributed by atoms with Crippen LogP contribution in [0.5, 0.6) is 0 Å². The van der Waals surface area contributed by atoms with Crippen molar-refractivity contribution in [3.8, 4) is 0 Å². The van der Waals surface area contributed by atoms with Crippen molar-refractivity contribution in [1.29, 1.82) is 0 Å². The Morgan fingerprint density at radius 2 is 2.00 bits per heavy atom. The molecule has 0 atom stereocenters. The van der Waals surface area contributed by atoms with E-state index in [1.54, 1.807) is 30.3 Å². The first kappa shape index (κ1) is 13.2. The number of hydrogen-bond donors (Lipinski definition) is 1. The van der Waals surface area contributed by atoms with Gasteiger partial charge in [-0.15, -0.1) is 0 Å². The molecule has 2 rings (SSSR count). The van der Waals surface area contributed by atoms with Gasteiger partial charge in [0.1, 0.15) is 11.0 Å². The van der Waals surface area contributed by atoms with Gasteiger partial charge in [-0.25, -0.2) is 9.37 Å². The zero-order valence-electron chi connectivity index (χ0n) is 9.81. The number of carbonyl (C=O) groups excluding carboxylic acids is 1. The molecule has 3 nitrogen and oxygen atoms in total. The molecule has 0 fully saturated rings. The molecule has 19 heavy (non-hydrogen) atoms. The summed E-state index contributed by atoms with van der Waals surface area (Å²) >= 11 is 5.70. The number of anilines is 1. The second-order valence-corrected chi connectivity index (χ2v) is 4.13. The molecule has 0 saturated heterocycles. The van der Waals surface area contributed by atoms with Gasteiger partial charge in [0, 0.05) is 18.0 Å². The molecular weight excluding hydrogens is 267 g/mol. The Morgan fingerprint density at radius 3 is 2.68 bits per heavy atom. The summed E-state index contributed by atoms with van der Waals surface area (Å²) in [6.45, 7) is 0. The number of pyridine rings is 1. The third-order valence-electron chi connectivity index (χ3n) is 2.29. The summed E-state index contributed by atoms with van der Waals surface area (Å²) in [4.78, 5) is 15.4. The third kappa shape index (κ3) is 4.19. The van der Waals surface area contributed by atoms with Crippen LogP contribution in [0, 0.1) is 5.82 Å². The Morgan fingerprint density at radius 1 is 1.26 bits per heavy atom. The summed E-state index contributed by atoms with van der Waals surface area (Å²) in [6.07, 6.45) is 4.46. The maximum absolute atomic E-state index is 12.7. The number of halogens is 2. The van der Waals surface area contributed by atoms with Crippen molar-refractivity contribution in [2.75, 3.05) is 5.32 Å². The molecule has 0 aliphatic carbocycles. The van der Waals surface area contributed by atoms with Gasteiger partial charge in [-0.2, -0.15) is 0 Å². The van der Waals surface area contributed by atoms with Crippen molar-refractivity contribution in [3.05, 3.63) is 65.2 Å². The van der Waals surface area contributed by atoms with E-state index >= 15 is 0 Å². The predicted octanol–water partition coefficient (Wildman–Crippen LogP) is 3.53. The molecule has 0 spiro atoms. The molecule has 0 aliphatic rings. The van der Waals surface area contributed by atoms with Gasteiger partial charge in [0.25, 0.3) is 0 Å². The van der Waals surface area contributed by atoms with Crippen LogP contribution in [0.1, 0.15) is 5.56 Å². The second-order valence-electron chi connectivity index (χ2n) is 3.74. The molecule has 1 heterocycles. The van der Waals surface area contributed by atoms with Crippen LogP contribution in [0.2, 0.25) is 5.15 Å². The number of carbonyl (C=O) groups is 1. The molecule has 1 aromatic heterocycles. The summed E-state index contributed by atoms with van der Waals surface area (Å²) in [5.41, 5.74) is 1.30. The topological polar surface area (TPSA) is 42.0 Å². The van der Waals surface area contributed by atoms with Crippen LogP contribution in [0.25, 0.3) is 6.08 Å². The molecule has 2 aromatic rings. The maximum Gasteiger partial charge on any atom is 0.248 e. The second kappa shape index (κ2) is 6.11. The number of rotatable bonds is 3. The average Bonchev–Trinajstić information content (AvgIpc) is 2.38. The van der Waals surface area contributed by atoms with E-state index in [1.807, 2.05) is 0 Å². The molecule has 1 N–H and O–H groups in total. The first-order valence-electron chi connectivity index (χ1n) is 5.50. The average molecular weight is 277 g/mol. The highest BCUT2D eigenvalue weighted by molar-refractivity contribution is 6.29. The van der Waals surface area contributed by atoms with Crippen molar-refractivity contribution in [2.24, 2.45) is 0 Å². The van der Waals surface area contributed by atoms with Gasteiger partial charge in [-0.3, -0.25) is 4.79 Å². The Bertz CT molecular complexity index is 611. The summed E-state index contributed by atoms with van der Waals surface area (Å²) in [5.74, 6) is -0.611. The molecule has 0 aliphatic heterocycles. The number of nitrogens with zero attached hydrogens (tertiary/aromatic N) is 1. The number of nitrogens with one attached hydrogen (secondary N) is 1. The van der Waals surface area contributed by atoms with Gasteiger partial charge in [0.2, 0.25) is 5.91 Å². The van der Waals surface area contributed by atoms with E-state index in [9.17, 15) is 9.18 Å². The van der Waals surface area contributed by atoms with Crippen molar-refractivity contribution in [3.63, 3.8) is 0 Å². The van der Waals surface area contributed by atoms with Crippen LogP contribution in [0.15, 0.2) is 48.7 Å². The maximum atomic E-state index is 12.7. The minimum absolute atomic E-state index is 0.299. The normalized spacial score (nSPS) is 10.6. The van der Waals surface area contributed by atoms with Gasteiger partial charge in [0.05, 0.1) is 0 Å². The lowest BCUT2D eigenvalue weighted by atomic mass is 10.2. The van der Waals surface area contributed by atoms with Crippen LogP contribution in [0.3, 0.4) is 0 Å². The zero-order valence-corrected chi connectivity index (χ0v) is 10.6. The molecule has 1 aromatic carbocycles. The molecule has 0 saturated carbocycles. The van der Waals surface area contributed by atoms with Crippen LogP contribution in [-0.4, -0.2) is 10.9 Å². The van der Waals surface area contributed by atoms with Crippen molar-refractivity contribution in [2.45, 2.75) is 0 Å². The Balaban J connectivity index is 1.99. The lowest BCUT2D eigenvalue weighted by Gasteiger charge is -2.01. The summed E-state index contributed by atoms with van der Waals surface area (Å²) < 4.78 is 12.7. The first-order chi connectivity index (χ1) is 9.13. The Hall–Kier alpha value is -2.20. The Labute approximate surface area is 114 Å². The molecule has 0 bridgehead atoms.